The van der Waals surface area contributed by atoms with Crippen molar-refractivity contribution in [3.05, 3.63) is 25.3 Å². The fourth-order valence-corrected chi connectivity index (χ4v) is 7.08. The molecule has 3 rings (SSSR count). The molecule has 2 amide bonds. The third-order valence-electron chi connectivity index (χ3n) is 8.11. The smallest absolute Gasteiger partial charge is 0.312 e. The Kier molecular flexibility index (Phi) is 9.44. The van der Waals surface area contributed by atoms with Crippen LogP contribution < -0.4 is 0 Å². The molecule has 3 heterocycles. The van der Waals surface area contributed by atoms with Gasteiger partial charge in [0, 0.05) is 17.4 Å². The average molecular weight is 570 g/mol. The molecule has 3 unspecified atom stereocenters. The van der Waals surface area contributed by atoms with Crippen LogP contribution in [-0.4, -0.2) is 87.1 Å². The molecule has 2 bridgehead atoms. The number of nitrogens with zero attached hydrogens (tertiary/aromatic N) is 2. The van der Waals surface area contributed by atoms with Gasteiger partial charge in [-0.25, -0.2) is 0 Å². The summed E-state index contributed by atoms with van der Waals surface area (Å²) in [6.07, 6.45) is 5.36. The molecule has 0 aliphatic carbocycles. The zero-order chi connectivity index (χ0) is 26.8. The SMILES string of the molecule is C=CCCCOC(=O)[C@H]1[C@H]2C(=O)N([C@@H](CO)[C@@H](C)CC)C(C(=O)N(CC=C)C(C)C)C23CC(Br)[C@@H]1O3. The zero-order valence-corrected chi connectivity index (χ0v) is 23.5. The minimum Gasteiger partial charge on any atom is -0.465 e. The van der Waals surface area contributed by atoms with Gasteiger partial charge in [-0.1, -0.05) is 48.4 Å². The summed E-state index contributed by atoms with van der Waals surface area (Å²) < 4.78 is 12.1. The van der Waals surface area contributed by atoms with Crippen molar-refractivity contribution in [2.45, 2.75) is 88.0 Å². The first-order valence-electron chi connectivity index (χ1n) is 13.0. The molecule has 3 saturated heterocycles. The molecule has 202 valence electrons. The van der Waals surface area contributed by atoms with E-state index in [1.165, 1.54) is 0 Å². The Labute approximate surface area is 223 Å². The number of carbonyl (C=O) groups excluding carboxylic acids is 3. The first kappa shape index (κ1) is 28.9. The van der Waals surface area contributed by atoms with Crippen LogP contribution in [0.5, 0.6) is 0 Å². The summed E-state index contributed by atoms with van der Waals surface area (Å²) >= 11 is 3.67. The molecule has 0 aromatic heterocycles. The van der Waals surface area contributed by atoms with Crippen LogP contribution in [0.15, 0.2) is 25.3 Å². The highest BCUT2D eigenvalue weighted by Gasteiger charge is 2.77. The number of ether oxygens (including phenoxy) is 2. The summed E-state index contributed by atoms with van der Waals surface area (Å²) in [7, 11) is 0. The first-order valence-corrected chi connectivity index (χ1v) is 14.0. The van der Waals surface area contributed by atoms with Crippen molar-refractivity contribution in [3.63, 3.8) is 0 Å². The zero-order valence-electron chi connectivity index (χ0n) is 21.9. The van der Waals surface area contributed by atoms with E-state index in [-0.39, 0.29) is 41.8 Å². The molecule has 8 nitrogen and oxygen atoms in total. The number of rotatable bonds is 13. The molecule has 0 saturated carbocycles. The van der Waals surface area contributed by atoms with Crippen molar-refractivity contribution >= 4 is 33.7 Å². The molecule has 9 heteroatoms. The van der Waals surface area contributed by atoms with Crippen LogP contribution in [0.4, 0.5) is 0 Å². The summed E-state index contributed by atoms with van der Waals surface area (Å²) in [4.78, 5) is 44.7. The Balaban J connectivity index is 2.07. The maximum Gasteiger partial charge on any atom is 0.312 e. The van der Waals surface area contributed by atoms with Gasteiger partial charge in [0.05, 0.1) is 37.2 Å². The molecule has 0 aromatic carbocycles. The average Bonchev–Trinajstić information content (AvgIpc) is 3.43. The van der Waals surface area contributed by atoms with Gasteiger partial charge in [0.2, 0.25) is 11.8 Å². The van der Waals surface area contributed by atoms with Crippen LogP contribution in [-0.2, 0) is 23.9 Å². The first-order chi connectivity index (χ1) is 17.1. The number of likely N-dealkylation sites (tertiary alicyclic amines) is 1. The minimum absolute atomic E-state index is 0.0577. The summed E-state index contributed by atoms with van der Waals surface area (Å²) in [6.45, 7) is 15.5. The van der Waals surface area contributed by atoms with Crippen molar-refractivity contribution in [2.75, 3.05) is 19.8 Å². The number of carbonyl (C=O) groups is 3. The molecular formula is C27H41BrN2O6. The van der Waals surface area contributed by atoms with E-state index < -0.39 is 41.6 Å². The summed E-state index contributed by atoms with van der Waals surface area (Å²) in [5, 5.41) is 10.4. The Morgan fingerprint density at radius 3 is 2.58 bits per heavy atom. The number of unbranched alkanes of at least 4 members (excludes halogenated alkanes) is 1. The van der Waals surface area contributed by atoms with Crippen LogP contribution in [0.1, 0.15) is 53.4 Å². The van der Waals surface area contributed by atoms with Gasteiger partial charge in [0.15, 0.2) is 0 Å². The van der Waals surface area contributed by atoms with Gasteiger partial charge in [-0.2, -0.15) is 0 Å². The quantitative estimate of drug-likeness (QED) is 0.159. The van der Waals surface area contributed by atoms with Gasteiger partial charge in [0.1, 0.15) is 11.6 Å². The Morgan fingerprint density at radius 2 is 2.03 bits per heavy atom. The maximum absolute atomic E-state index is 14.2. The molecule has 0 aromatic rings. The van der Waals surface area contributed by atoms with Crippen LogP contribution in [0.25, 0.3) is 0 Å². The number of halogens is 1. The van der Waals surface area contributed by atoms with E-state index in [0.29, 0.717) is 25.8 Å². The predicted molar refractivity (Wildman–Crippen MR) is 140 cm³/mol. The fourth-order valence-electron chi connectivity index (χ4n) is 6.14. The number of aliphatic hydroxyl groups is 1. The van der Waals surface area contributed by atoms with Crippen molar-refractivity contribution in [1.29, 1.82) is 0 Å². The van der Waals surface area contributed by atoms with E-state index in [4.69, 9.17) is 9.47 Å². The van der Waals surface area contributed by atoms with Gasteiger partial charge in [-0.3, -0.25) is 14.4 Å². The summed E-state index contributed by atoms with van der Waals surface area (Å²) in [5.41, 5.74) is -1.17. The molecule has 0 radical (unpaired) electrons. The van der Waals surface area contributed by atoms with Gasteiger partial charge in [0.25, 0.3) is 0 Å². The molecule has 1 N–H and O–H groups in total. The van der Waals surface area contributed by atoms with E-state index in [2.05, 4.69) is 29.1 Å². The normalized spacial score (nSPS) is 32.4. The molecule has 3 fully saturated rings. The molecule has 36 heavy (non-hydrogen) atoms. The lowest BCUT2D eigenvalue weighted by atomic mass is 9.70. The Morgan fingerprint density at radius 1 is 1.33 bits per heavy atom. The molecule has 3 aliphatic rings. The molecule has 1 spiro atoms. The van der Waals surface area contributed by atoms with Crippen LogP contribution in [0.3, 0.4) is 0 Å². The third kappa shape index (κ3) is 4.78. The number of hydrogen-bond donors (Lipinski definition) is 1. The number of allylic oxidation sites excluding steroid dienone is 1. The second-order valence-electron chi connectivity index (χ2n) is 10.5. The van der Waals surface area contributed by atoms with Gasteiger partial charge in [-0.15, -0.1) is 13.2 Å². The maximum atomic E-state index is 14.2. The van der Waals surface area contributed by atoms with E-state index >= 15 is 0 Å². The Hall–Kier alpha value is -1.71. The lowest BCUT2D eigenvalue weighted by Gasteiger charge is -2.41. The van der Waals surface area contributed by atoms with Crippen molar-refractivity contribution in [1.82, 2.24) is 9.80 Å². The minimum atomic E-state index is -1.17. The lowest BCUT2D eigenvalue weighted by molar-refractivity contribution is -0.157. The molecule has 8 atom stereocenters. The van der Waals surface area contributed by atoms with Crippen LogP contribution >= 0.6 is 15.9 Å². The number of amides is 2. The van der Waals surface area contributed by atoms with E-state index in [1.54, 1.807) is 22.0 Å². The van der Waals surface area contributed by atoms with Gasteiger partial charge >= 0.3 is 5.97 Å². The van der Waals surface area contributed by atoms with E-state index in [1.807, 2.05) is 27.7 Å². The monoisotopic (exact) mass is 568 g/mol. The second-order valence-corrected chi connectivity index (χ2v) is 11.7. The number of esters is 1. The number of fused-ring (bicyclic) bond motifs is 1. The predicted octanol–water partition coefficient (Wildman–Crippen LogP) is 3.07. The van der Waals surface area contributed by atoms with Gasteiger partial charge in [-0.05, 0) is 39.0 Å². The second kappa shape index (κ2) is 11.8. The lowest BCUT2D eigenvalue weighted by Crippen LogP contribution is -2.60. The Bertz CT molecular complexity index is 865. The van der Waals surface area contributed by atoms with Crippen molar-refractivity contribution < 1.29 is 29.0 Å². The molecular weight excluding hydrogens is 528 g/mol. The highest BCUT2D eigenvalue weighted by atomic mass is 79.9. The highest BCUT2D eigenvalue weighted by Crippen LogP contribution is 2.61. The topological polar surface area (TPSA) is 96.4 Å². The molecule has 3 aliphatic heterocycles. The highest BCUT2D eigenvalue weighted by molar-refractivity contribution is 9.09. The number of hydrogen-bond acceptors (Lipinski definition) is 6. The van der Waals surface area contributed by atoms with Gasteiger partial charge < -0.3 is 24.4 Å². The van der Waals surface area contributed by atoms with Crippen LogP contribution in [0.2, 0.25) is 0 Å². The fraction of sp³-hybridized carbons (Fsp3) is 0.741. The largest absolute Gasteiger partial charge is 0.465 e. The van der Waals surface area contributed by atoms with Crippen molar-refractivity contribution in [3.8, 4) is 0 Å². The van der Waals surface area contributed by atoms with E-state index in [0.717, 1.165) is 6.42 Å². The number of alkyl halides is 1. The standard InChI is InChI=1S/C27H41BrN2O6/c1-7-10-11-13-35-26(34)20-21-24(32)30(19(15-31)17(6)9-3)23(25(33)29(12-8-2)16(4)5)27(21)14-18(28)22(20)36-27/h7-8,16-23,31H,1-2,9-15H2,3-6H3/t17-,18?,19-,20-,21-,22-,23?,27?/m0/s1. The van der Waals surface area contributed by atoms with E-state index in [9.17, 15) is 19.5 Å². The third-order valence-corrected chi connectivity index (χ3v) is 8.95. The summed E-state index contributed by atoms with van der Waals surface area (Å²) in [6, 6.07) is -1.66. The number of aliphatic hydroxyl groups excluding tert-OH is 1. The van der Waals surface area contributed by atoms with Crippen molar-refractivity contribution in [2.24, 2.45) is 17.8 Å². The van der Waals surface area contributed by atoms with Crippen LogP contribution in [0, 0.1) is 17.8 Å². The summed E-state index contributed by atoms with van der Waals surface area (Å²) in [5.74, 6) is -2.75.